The fraction of sp³-hybridized carbons (Fsp3) is 0.526. The van der Waals surface area contributed by atoms with Crippen LogP contribution in [0.5, 0.6) is 11.5 Å². The largest absolute Gasteiger partial charge is 0.497 e. The van der Waals surface area contributed by atoms with E-state index in [2.05, 4.69) is 0 Å². The number of hydrogen-bond acceptors (Lipinski definition) is 9. The van der Waals surface area contributed by atoms with Gasteiger partial charge in [0.05, 0.1) is 7.11 Å². The van der Waals surface area contributed by atoms with Gasteiger partial charge < -0.3 is 28.4 Å². The molecule has 1 aliphatic heterocycles. The molecule has 10 heteroatoms. The highest BCUT2D eigenvalue weighted by atomic mass is 127. The standard InChI is InChI=1S/C19H23IO9/c1-10(21)25-9-15-17(26-11(2)22)18(27-12(3)23)16(20)19(29-15)28-14-7-5-13(24-4)6-8-14/h5-8,15-19H,9H2,1-4H3/t15-,16+,17-,18-,19+/m1/s1. The predicted molar refractivity (Wildman–Crippen MR) is 108 cm³/mol. The van der Waals surface area contributed by atoms with E-state index in [0.717, 1.165) is 0 Å². The van der Waals surface area contributed by atoms with Crippen molar-refractivity contribution in [2.75, 3.05) is 13.7 Å². The molecule has 0 saturated carbocycles. The summed E-state index contributed by atoms with van der Waals surface area (Å²) in [6, 6.07) is 6.85. The first-order chi connectivity index (χ1) is 13.7. The molecule has 160 valence electrons. The lowest BCUT2D eigenvalue weighted by Crippen LogP contribution is -2.60. The zero-order valence-corrected chi connectivity index (χ0v) is 18.6. The highest BCUT2D eigenvalue weighted by molar-refractivity contribution is 14.1. The quantitative estimate of drug-likeness (QED) is 0.230. The molecule has 0 amide bonds. The number of carbonyl (C=O) groups is 3. The van der Waals surface area contributed by atoms with Crippen molar-refractivity contribution in [2.45, 2.75) is 49.3 Å². The molecule has 0 bridgehead atoms. The summed E-state index contributed by atoms with van der Waals surface area (Å²) in [6.07, 6.45) is -3.58. The van der Waals surface area contributed by atoms with Crippen molar-refractivity contribution in [1.82, 2.24) is 0 Å². The normalized spacial score (nSPS) is 26.2. The number of ether oxygens (including phenoxy) is 6. The van der Waals surface area contributed by atoms with Gasteiger partial charge in [-0.1, -0.05) is 22.6 Å². The van der Waals surface area contributed by atoms with Crippen LogP contribution in [0.25, 0.3) is 0 Å². The first-order valence-corrected chi connectivity index (χ1v) is 10.0. The van der Waals surface area contributed by atoms with Crippen LogP contribution < -0.4 is 9.47 Å². The Kier molecular flexibility index (Phi) is 8.50. The lowest BCUT2D eigenvalue weighted by atomic mass is 10.0. The number of hydrogen-bond donors (Lipinski definition) is 0. The monoisotopic (exact) mass is 522 g/mol. The van der Waals surface area contributed by atoms with E-state index in [-0.39, 0.29) is 6.61 Å². The Morgan fingerprint density at radius 1 is 0.931 bits per heavy atom. The molecule has 0 radical (unpaired) electrons. The number of halogens is 1. The van der Waals surface area contributed by atoms with Crippen molar-refractivity contribution in [1.29, 1.82) is 0 Å². The lowest BCUT2D eigenvalue weighted by molar-refractivity contribution is -0.240. The maximum absolute atomic E-state index is 11.7. The summed E-state index contributed by atoms with van der Waals surface area (Å²) >= 11 is 2.02. The Balaban J connectivity index is 2.27. The van der Waals surface area contributed by atoms with Crippen LogP contribution >= 0.6 is 22.6 Å². The van der Waals surface area contributed by atoms with E-state index in [1.54, 1.807) is 31.4 Å². The number of benzene rings is 1. The van der Waals surface area contributed by atoms with Crippen molar-refractivity contribution in [3.8, 4) is 11.5 Å². The number of esters is 3. The fourth-order valence-corrected chi connectivity index (χ4v) is 3.62. The van der Waals surface area contributed by atoms with Crippen LogP contribution in [0.3, 0.4) is 0 Å². The van der Waals surface area contributed by atoms with Crippen LogP contribution in [0.4, 0.5) is 0 Å². The van der Waals surface area contributed by atoms with Gasteiger partial charge in [0.2, 0.25) is 6.29 Å². The van der Waals surface area contributed by atoms with Gasteiger partial charge in [0.25, 0.3) is 0 Å². The average Bonchev–Trinajstić information content (AvgIpc) is 2.65. The molecule has 1 saturated heterocycles. The summed E-state index contributed by atoms with van der Waals surface area (Å²) in [5.41, 5.74) is 0. The number of rotatable bonds is 7. The summed E-state index contributed by atoms with van der Waals surface area (Å²) in [5.74, 6) is -0.500. The van der Waals surface area contributed by atoms with Gasteiger partial charge in [0.1, 0.15) is 28.1 Å². The van der Waals surface area contributed by atoms with Crippen molar-refractivity contribution in [3.05, 3.63) is 24.3 Å². The Hall–Kier alpha value is -2.08. The molecule has 1 aliphatic rings. The topological polar surface area (TPSA) is 107 Å². The third-order valence-corrected chi connectivity index (χ3v) is 5.24. The number of carbonyl (C=O) groups excluding carboxylic acids is 3. The molecule has 0 N–H and O–H groups in total. The minimum Gasteiger partial charge on any atom is -0.497 e. The van der Waals surface area contributed by atoms with E-state index >= 15 is 0 Å². The van der Waals surface area contributed by atoms with Gasteiger partial charge in [0, 0.05) is 20.8 Å². The van der Waals surface area contributed by atoms with Crippen molar-refractivity contribution < 1.29 is 42.8 Å². The summed E-state index contributed by atoms with van der Waals surface area (Å²) in [6.45, 7) is 3.54. The highest BCUT2D eigenvalue weighted by Crippen LogP contribution is 2.33. The van der Waals surface area contributed by atoms with Crippen molar-refractivity contribution in [2.24, 2.45) is 0 Å². The van der Waals surface area contributed by atoms with E-state index in [4.69, 9.17) is 28.4 Å². The van der Waals surface area contributed by atoms with Gasteiger partial charge in [-0.3, -0.25) is 14.4 Å². The molecule has 0 aliphatic carbocycles. The Bertz CT molecular complexity index is 721. The molecule has 1 heterocycles. The zero-order valence-electron chi connectivity index (χ0n) is 16.5. The van der Waals surface area contributed by atoms with E-state index in [9.17, 15) is 14.4 Å². The fourth-order valence-electron chi connectivity index (χ4n) is 2.75. The summed E-state index contributed by atoms with van der Waals surface area (Å²) in [4.78, 5) is 34.5. The van der Waals surface area contributed by atoms with Crippen LogP contribution in [-0.4, -0.2) is 60.2 Å². The summed E-state index contributed by atoms with van der Waals surface area (Å²) in [5, 5.41) is 0. The molecular weight excluding hydrogens is 499 g/mol. The minimum atomic E-state index is -0.964. The molecule has 1 aromatic carbocycles. The second-order valence-electron chi connectivity index (χ2n) is 6.23. The van der Waals surface area contributed by atoms with E-state index in [1.807, 2.05) is 22.6 Å². The van der Waals surface area contributed by atoms with E-state index in [0.29, 0.717) is 11.5 Å². The third-order valence-electron chi connectivity index (χ3n) is 3.94. The Morgan fingerprint density at radius 3 is 2.00 bits per heavy atom. The van der Waals surface area contributed by atoms with E-state index < -0.39 is 46.4 Å². The van der Waals surface area contributed by atoms with Crippen LogP contribution in [0.2, 0.25) is 0 Å². The molecule has 29 heavy (non-hydrogen) atoms. The summed E-state index contributed by atoms with van der Waals surface area (Å²) in [7, 11) is 1.56. The van der Waals surface area contributed by atoms with Gasteiger partial charge in [-0.25, -0.2) is 0 Å². The third kappa shape index (κ3) is 6.74. The zero-order chi connectivity index (χ0) is 21.6. The van der Waals surface area contributed by atoms with Crippen LogP contribution in [0.1, 0.15) is 20.8 Å². The van der Waals surface area contributed by atoms with Crippen molar-refractivity contribution in [3.63, 3.8) is 0 Å². The van der Waals surface area contributed by atoms with Gasteiger partial charge in [0.15, 0.2) is 12.2 Å². The molecular formula is C19H23IO9. The number of methoxy groups -OCH3 is 1. The highest BCUT2D eigenvalue weighted by Gasteiger charge is 2.50. The first-order valence-electron chi connectivity index (χ1n) is 8.79. The van der Waals surface area contributed by atoms with Crippen LogP contribution in [0.15, 0.2) is 24.3 Å². The molecule has 0 aromatic heterocycles. The Morgan fingerprint density at radius 2 is 1.48 bits per heavy atom. The predicted octanol–water partition coefficient (Wildman–Crippen LogP) is 2.03. The van der Waals surface area contributed by atoms with Gasteiger partial charge in [-0.2, -0.15) is 0 Å². The van der Waals surface area contributed by atoms with Gasteiger partial charge >= 0.3 is 17.9 Å². The van der Waals surface area contributed by atoms with Crippen molar-refractivity contribution >= 4 is 40.5 Å². The molecule has 9 nitrogen and oxygen atoms in total. The van der Waals surface area contributed by atoms with Gasteiger partial charge in [-0.05, 0) is 24.3 Å². The molecule has 2 rings (SSSR count). The molecule has 1 fully saturated rings. The maximum atomic E-state index is 11.7. The molecule has 0 unspecified atom stereocenters. The van der Waals surface area contributed by atoms with E-state index in [1.165, 1.54) is 20.8 Å². The van der Waals surface area contributed by atoms with Gasteiger partial charge in [-0.15, -0.1) is 0 Å². The van der Waals surface area contributed by atoms with Crippen LogP contribution in [-0.2, 0) is 33.3 Å². The molecule has 5 atom stereocenters. The number of alkyl halides is 1. The smallest absolute Gasteiger partial charge is 0.303 e. The average molecular weight is 522 g/mol. The SMILES string of the molecule is COc1ccc(O[C@H]2O[C@H](COC(C)=O)[C@@H](OC(C)=O)[C@H](OC(C)=O)[C@@H]2I)cc1. The second kappa shape index (κ2) is 10.6. The molecule has 0 spiro atoms. The minimum absolute atomic E-state index is 0.198. The van der Waals surface area contributed by atoms with Crippen LogP contribution in [0, 0.1) is 0 Å². The lowest BCUT2D eigenvalue weighted by Gasteiger charge is -2.42. The second-order valence-corrected chi connectivity index (χ2v) is 7.67. The summed E-state index contributed by atoms with van der Waals surface area (Å²) < 4.78 is 32.2. The Labute approximate surface area is 182 Å². The maximum Gasteiger partial charge on any atom is 0.303 e. The first kappa shape index (κ1) is 23.2. The molecule has 1 aromatic rings.